The monoisotopic (exact) mass is 507 g/mol. The van der Waals surface area contributed by atoms with Crippen LogP contribution in [-0.4, -0.2) is 46.2 Å². The Bertz CT molecular complexity index is 515. The van der Waals surface area contributed by atoms with Crippen LogP contribution in [0.4, 0.5) is 0 Å². The van der Waals surface area contributed by atoms with Crippen LogP contribution in [0.3, 0.4) is 0 Å². The van der Waals surface area contributed by atoms with E-state index in [2.05, 4.69) is 44.4 Å². The number of hydrogen-bond acceptors (Lipinski definition) is 6. The van der Waals surface area contributed by atoms with Crippen molar-refractivity contribution in [3.05, 3.63) is 50.3 Å². The second-order valence-corrected chi connectivity index (χ2v) is 6.78. The molecule has 0 spiro atoms. The second-order valence-electron chi connectivity index (χ2n) is 5.12. The van der Waals surface area contributed by atoms with E-state index in [1.54, 1.807) is 42.1 Å². The van der Waals surface area contributed by atoms with E-state index in [1.165, 1.54) is 0 Å². The number of nitrogens with two attached hydrogens (primary N) is 1. The first-order valence-electron chi connectivity index (χ1n) is 7.39. The third kappa shape index (κ3) is 10.9. The number of primary amides is 1. The maximum atomic E-state index is 10.8. The van der Waals surface area contributed by atoms with Gasteiger partial charge in [0.1, 0.15) is 0 Å². The summed E-state index contributed by atoms with van der Waals surface area (Å²) in [6.45, 7) is 12.1. The van der Waals surface area contributed by atoms with Gasteiger partial charge in [0.25, 0.3) is 0 Å². The van der Waals surface area contributed by atoms with Gasteiger partial charge in [0, 0.05) is 5.75 Å². The number of rotatable bonds is 5. The van der Waals surface area contributed by atoms with Crippen LogP contribution in [0.2, 0.25) is 0 Å². The average molecular weight is 507 g/mol. The van der Waals surface area contributed by atoms with Crippen molar-refractivity contribution in [2.45, 2.75) is 20.0 Å². The van der Waals surface area contributed by atoms with Gasteiger partial charge < -0.3 is 26.5 Å². The fourth-order valence-electron chi connectivity index (χ4n) is 1.83. The number of carbonyl (C=O) groups is 1. The summed E-state index contributed by atoms with van der Waals surface area (Å²) >= 11 is 5.37. The van der Waals surface area contributed by atoms with Crippen LogP contribution in [0.5, 0.6) is 5.75 Å². The zero-order chi connectivity index (χ0) is 19.4. The van der Waals surface area contributed by atoms with Crippen molar-refractivity contribution in [2.75, 3.05) is 25.6 Å². The van der Waals surface area contributed by atoms with E-state index in [1.807, 2.05) is 31.2 Å². The van der Waals surface area contributed by atoms with E-state index < -0.39 is 5.91 Å². The summed E-state index contributed by atoms with van der Waals surface area (Å²) in [7, 11) is 4.57. The molecule has 0 radical (unpaired) electrons. The molecule has 1 heterocycles. The van der Waals surface area contributed by atoms with E-state index in [0.717, 1.165) is 13.1 Å². The predicted octanol–water partition coefficient (Wildman–Crippen LogP) is 4.17. The Balaban J connectivity index is 0. The van der Waals surface area contributed by atoms with Gasteiger partial charge >= 0.3 is 27.0 Å². The summed E-state index contributed by atoms with van der Waals surface area (Å²) in [6, 6.07) is 4.97. The van der Waals surface area contributed by atoms with Gasteiger partial charge in [0.05, 0.1) is 6.10 Å². The number of hydrogen-bond donors (Lipinski definition) is 1. The quantitative estimate of drug-likeness (QED) is 0.367. The first kappa shape index (κ1) is 28.1. The van der Waals surface area contributed by atoms with Crippen molar-refractivity contribution in [1.82, 2.24) is 8.61 Å². The Morgan fingerprint density at radius 2 is 1.81 bits per heavy atom. The summed E-state index contributed by atoms with van der Waals surface area (Å²) in [5.74, 6) is 0.232. The van der Waals surface area contributed by atoms with Gasteiger partial charge in [-0.15, -0.1) is 30.0 Å². The Kier molecular flexibility index (Phi) is 17.2. The number of amides is 1. The summed E-state index contributed by atoms with van der Waals surface area (Å²) in [4.78, 5) is 10.8. The molecule has 1 aliphatic rings. The van der Waals surface area contributed by atoms with Crippen LogP contribution in [-0.2, 0) is 17.3 Å². The number of ether oxygens (including phenoxy) is 1. The SMILES string of the molecule is CSN1[CH-]N(SC)CC1.[CH2-]c1cc(C(N)=O)ccc1OC(C)C.[CH3-].[Cl][Ru+3]. The second kappa shape index (κ2) is 15.9. The molecule has 9 heteroatoms. The molecule has 0 bridgehead atoms. The third-order valence-electron chi connectivity index (χ3n) is 2.98. The van der Waals surface area contributed by atoms with Crippen molar-refractivity contribution >= 4 is 39.5 Å². The van der Waals surface area contributed by atoms with E-state index in [-0.39, 0.29) is 13.5 Å². The first-order chi connectivity index (χ1) is 11.9. The van der Waals surface area contributed by atoms with Gasteiger partial charge in [-0.2, -0.15) is 19.2 Å². The van der Waals surface area contributed by atoms with Gasteiger partial charge in [-0.1, -0.05) is 12.1 Å². The molecule has 1 aliphatic heterocycles. The molecule has 150 valence electrons. The molecule has 0 atom stereocenters. The Morgan fingerprint density at radius 1 is 1.31 bits per heavy atom. The van der Waals surface area contributed by atoms with Crippen LogP contribution >= 0.6 is 33.6 Å². The van der Waals surface area contributed by atoms with Crippen molar-refractivity contribution in [1.29, 1.82) is 0 Å². The molecule has 1 amide bonds. The average Bonchev–Trinajstić information content (AvgIpc) is 3.07. The number of carbonyl (C=O) groups excluding carboxylic acids is 1. The minimum atomic E-state index is -0.453. The molecule has 2 rings (SSSR count). The Morgan fingerprint density at radius 3 is 2.12 bits per heavy atom. The van der Waals surface area contributed by atoms with E-state index in [4.69, 9.17) is 10.5 Å². The van der Waals surface area contributed by atoms with Crippen molar-refractivity contribution in [3.8, 4) is 5.75 Å². The van der Waals surface area contributed by atoms with Crippen LogP contribution < -0.4 is 10.5 Å². The summed E-state index contributed by atoms with van der Waals surface area (Å²) in [5, 5.41) is 0. The van der Waals surface area contributed by atoms with Crippen molar-refractivity contribution in [2.24, 2.45) is 5.73 Å². The molecule has 5 nitrogen and oxygen atoms in total. The molecule has 0 saturated carbocycles. The molecular weight excluding hydrogens is 479 g/mol. The van der Waals surface area contributed by atoms with Gasteiger partial charge in [-0.25, -0.2) is 0 Å². The third-order valence-corrected chi connectivity index (χ3v) is 4.47. The summed E-state index contributed by atoms with van der Waals surface area (Å²) in [6.07, 6.45) is 4.29. The number of nitrogens with zero attached hydrogens (tertiary/aromatic N) is 2. The fraction of sp³-hybridized carbons (Fsp3) is 0.412. The van der Waals surface area contributed by atoms with Gasteiger partial charge in [0.2, 0.25) is 5.91 Å². The Labute approximate surface area is 181 Å². The van der Waals surface area contributed by atoms with Crippen molar-refractivity contribution in [3.63, 3.8) is 0 Å². The molecule has 1 aromatic carbocycles. The molecule has 26 heavy (non-hydrogen) atoms. The molecule has 1 aromatic rings. The zero-order valence-corrected chi connectivity index (χ0v) is 20.0. The predicted molar refractivity (Wildman–Crippen MR) is 112 cm³/mol. The molecular formula is C17H28ClN3O2RuS2. The van der Waals surface area contributed by atoms with Crippen LogP contribution in [0.1, 0.15) is 29.8 Å². The maximum absolute atomic E-state index is 10.8. The molecule has 0 aliphatic carbocycles. The normalized spacial score (nSPS) is 13.8. The van der Waals surface area contributed by atoms with Crippen molar-refractivity contribution < 1.29 is 26.8 Å². The van der Waals surface area contributed by atoms with Gasteiger partial charge in [-0.3, -0.25) is 4.79 Å². The molecule has 1 saturated heterocycles. The summed E-state index contributed by atoms with van der Waals surface area (Å²) < 4.78 is 9.93. The van der Waals surface area contributed by atoms with Crippen LogP contribution in [0.25, 0.3) is 0 Å². The number of halogens is 1. The Hall–Kier alpha value is -0.107. The van der Waals surface area contributed by atoms with E-state index >= 15 is 0 Å². The zero-order valence-electron chi connectivity index (χ0n) is 15.8. The van der Waals surface area contributed by atoms with Crippen LogP contribution in [0.15, 0.2) is 18.2 Å². The minimum absolute atomic E-state index is 0. The first-order valence-corrected chi connectivity index (χ1v) is 12.0. The molecule has 0 aromatic heterocycles. The molecule has 2 N–H and O–H groups in total. The standard InChI is InChI=1S/C11H14NO2.C5H11N2S2.CH3.ClH.Ru/c1-7(2)14-10-5-4-9(11(12)13)6-8(10)3;1-8-6-3-4-7(5-6)9-2;;;/h4-7H,3H2,1-2H3,(H2,12,13);5H,3-4H2,1-2H3;1H3;1H;/q3*-1;;+4/p-1. The fourth-order valence-corrected chi connectivity index (χ4v) is 2.84. The molecule has 0 unspecified atom stereocenters. The van der Waals surface area contributed by atoms with Crippen LogP contribution in [0, 0.1) is 21.0 Å². The summed E-state index contributed by atoms with van der Waals surface area (Å²) in [5.41, 5.74) is 6.25. The van der Waals surface area contributed by atoms with Gasteiger partial charge in [-0.05, 0) is 45.0 Å². The van der Waals surface area contributed by atoms with E-state index in [9.17, 15) is 4.79 Å². The number of benzene rings is 1. The molecule has 1 fully saturated rings. The van der Waals surface area contributed by atoms with Gasteiger partial charge in [0.15, 0.2) is 0 Å². The van der Waals surface area contributed by atoms with E-state index in [0.29, 0.717) is 16.9 Å². The topological polar surface area (TPSA) is 58.8 Å².